The van der Waals surface area contributed by atoms with Gasteiger partial charge in [-0.25, -0.2) is 8.42 Å². The standard InChI is InChI=1S/C13H16F3NO3S/c1-8-6-11(13(14,15)16)5-4-10(8)7-17-12(18)9(2)21(3,19)20/h4-6,9H,7H2,1-3H3,(H,17,18). The molecule has 1 rings (SSSR count). The zero-order chi connectivity index (χ0) is 16.4. The van der Waals surface area contributed by atoms with E-state index in [9.17, 15) is 26.4 Å². The van der Waals surface area contributed by atoms with E-state index in [2.05, 4.69) is 5.32 Å². The molecule has 0 saturated carbocycles. The Morgan fingerprint density at radius 3 is 2.33 bits per heavy atom. The van der Waals surface area contributed by atoms with Crippen molar-refractivity contribution in [1.29, 1.82) is 0 Å². The van der Waals surface area contributed by atoms with Gasteiger partial charge in [-0.05, 0) is 37.1 Å². The van der Waals surface area contributed by atoms with Gasteiger partial charge >= 0.3 is 6.18 Å². The van der Waals surface area contributed by atoms with Crippen LogP contribution in [0.25, 0.3) is 0 Å². The highest BCUT2D eigenvalue weighted by atomic mass is 32.2. The lowest BCUT2D eigenvalue weighted by atomic mass is 10.0. The minimum absolute atomic E-state index is 0.0251. The molecule has 1 aromatic rings. The Labute approximate surface area is 121 Å². The zero-order valence-electron chi connectivity index (χ0n) is 11.8. The zero-order valence-corrected chi connectivity index (χ0v) is 12.6. The summed E-state index contributed by atoms with van der Waals surface area (Å²) in [5, 5.41) is 1.20. The molecule has 0 fully saturated rings. The molecule has 0 bridgehead atoms. The third-order valence-electron chi connectivity index (χ3n) is 3.13. The number of carbonyl (C=O) groups excluding carboxylic acids is 1. The number of nitrogens with one attached hydrogen (secondary N) is 1. The maximum Gasteiger partial charge on any atom is 0.416 e. The van der Waals surface area contributed by atoms with Gasteiger partial charge in [0.1, 0.15) is 5.25 Å². The van der Waals surface area contributed by atoms with Crippen molar-refractivity contribution < 1.29 is 26.4 Å². The Morgan fingerprint density at radius 2 is 1.90 bits per heavy atom. The quantitative estimate of drug-likeness (QED) is 0.922. The van der Waals surface area contributed by atoms with E-state index in [4.69, 9.17) is 0 Å². The molecule has 0 aromatic heterocycles. The molecule has 1 unspecified atom stereocenters. The van der Waals surface area contributed by atoms with Gasteiger partial charge in [-0.15, -0.1) is 0 Å². The van der Waals surface area contributed by atoms with E-state index >= 15 is 0 Å². The Balaban J connectivity index is 2.80. The van der Waals surface area contributed by atoms with Gasteiger partial charge in [0.25, 0.3) is 0 Å². The van der Waals surface area contributed by atoms with Crippen LogP contribution < -0.4 is 5.32 Å². The third kappa shape index (κ3) is 4.73. The van der Waals surface area contributed by atoms with E-state index in [0.29, 0.717) is 11.1 Å². The highest BCUT2D eigenvalue weighted by Gasteiger charge is 2.30. The number of aryl methyl sites for hydroxylation is 1. The van der Waals surface area contributed by atoms with Crippen molar-refractivity contribution >= 4 is 15.7 Å². The number of rotatable bonds is 4. The smallest absolute Gasteiger partial charge is 0.351 e. The Hall–Kier alpha value is -1.57. The average Bonchev–Trinajstić information content (AvgIpc) is 2.33. The molecule has 21 heavy (non-hydrogen) atoms. The van der Waals surface area contributed by atoms with Crippen molar-refractivity contribution in [3.63, 3.8) is 0 Å². The highest BCUT2D eigenvalue weighted by Crippen LogP contribution is 2.30. The van der Waals surface area contributed by atoms with E-state index in [0.717, 1.165) is 18.4 Å². The first-order chi connectivity index (χ1) is 9.43. The Kier molecular flexibility index (Phi) is 5.03. The topological polar surface area (TPSA) is 63.2 Å². The summed E-state index contributed by atoms with van der Waals surface area (Å²) in [4.78, 5) is 11.6. The summed E-state index contributed by atoms with van der Waals surface area (Å²) in [6.45, 7) is 2.73. The van der Waals surface area contributed by atoms with E-state index in [1.807, 2.05) is 0 Å². The molecule has 118 valence electrons. The van der Waals surface area contributed by atoms with Crippen LogP contribution in [0.4, 0.5) is 13.2 Å². The van der Waals surface area contributed by atoms with E-state index < -0.39 is 32.7 Å². The molecule has 0 aliphatic carbocycles. The second kappa shape index (κ2) is 6.05. The van der Waals surface area contributed by atoms with Crippen molar-refractivity contribution in [3.8, 4) is 0 Å². The number of alkyl halides is 3. The molecule has 1 amide bonds. The minimum atomic E-state index is -4.42. The average molecular weight is 323 g/mol. The molecular formula is C13H16F3NO3S. The van der Waals surface area contributed by atoms with Gasteiger partial charge in [-0.1, -0.05) is 6.07 Å². The van der Waals surface area contributed by atoms with Gasteiger partial charge in [0.2, 0.25) is 5.91 Å². The third-order valence-corrected chi connectivity index (χ3v) is 4.63. The number of amides is 1. The normalized spacial score (nSPS) is 13.8. The first kappa shape index (κ1) is 17.5. The number of halogens is 3. The largest absolute Gasteiger partial charge is 0.416 e. The summed E-state index contributed by atoms with van der Waals surface area (Å²) in [7, 11) is -3.50. The van der Waals surface area contributed by atoms with Crippen molar-refractivity contribution in [2.75, 3.05) is 6.26 Å². The van der Waals surface area contributed by atoms with E-state index in [1.54, 1.807) is 0 Å². The van der Waals surface area contributed by atoms with Crippen LogP contribution in [0.5, 0.6) is 0 Å². The van der Waals surface area contributed by atoms with Crippen LogP contribution in [0.3, 0.4) is 0 Å². The number of hydrogen-bond donors (Lipinski definition) is 1. The van der Waals surface area contributed by atoms with Crippen LogP contribution in [0.1, 0.15) is 23.6 Å². The second-order valence-electron chi connectivity index (χ2n) is 4.83. The summed E-state index contributed by atoms with van der Waals surface area (Å²) >= 11 is 0. The molecular weight excluding hydrogens is 307 g/mol. The molecule has 1 aromatic carbocycles. The lowest BCUT2D eigenvalue weighted by Crippen LogP contribution is -2.37. The summed E-state index contributed by atoms with van der Waals surface area (Å²) in [5.74, 6) is -0.684. The lowest BCUT2D eigenvalue weighted by Gasteiger charge is -2.13. The van der Waals surface area contributed by atoms with Crippen molar-refractivity contribution in [2.45, 2.75) is 31.8 Å². The van der Waals surface area contributed by atoms with Gasteiger partial charge in [-0.3, -0.25) is 4.79 Å². The molecule has 0 aliphatic heterocycles. The molecule has 4 nitrogen and oxygen atoms in total. The van der Waals surface area contributed by atoms with Crippen LogP contribution in [0, 0.1) is 6.92 Å². The fourth-order valence-corrected chi connectivity index (χ4v) is 2.06. The minimum Gasteiger partial charge on any atom is -0.351 e. The van der Waals surface area contributed by atoms with Crippen molar-refractivity contribution in [2.24, 2.45) is 0 Å². The van der Waals surface area contributed by atoms with Gasteiger partial charge in [0.15, 0.2) is 9.84 Å². The molecule has 1 N–H and O–H groups in total. The molecule has 8 heteroatoms. The number of carbonyl (C=O) groups is 1. The molecule has 0 heterocycles. The number of hydrogen-bond acceptors (Lipinski definition) is 3. The van der Waals surface area contributed by atoms with Crippen LogP contribution in [0.15, 0.2) is 18.2 Å². The first-order valence-electron chi connectivity index (χ1n) is 6.06. The number of sulfone groups is 1. The molecule has 0 radical (unpaired) electrons. The predicted octanol–water partition coefficient (Wildman–Crippen LogP) is 2.06. The van der Waals surface area contributed by atoms with Crippen molar-refractivity contribution in [1.82, 2.24) is 5.32 Å². The lowest BCUT2D eigenvalue weighted by molar-refractivity contribution is -0.137. The van der Waals surface area contributed by atoms with Gasteiger partial charge in [0.05, 0.1) is 5.56 Å². The van der Waals surface area contributed by atoms with Gasteiger partial charge < -0.3 is 5.32 Å². The van der Waals surface area contributed by atoms with Gasteiger partial charge in [-0.2, -0.15) is 13.2 Å². The summed E-state index contributed by atoms with van der Waals surface area (Å²) in [5.41, 5.74) is 0.105. The SMILES string of the molecule is Cc1cc(C(F)(F)F)ccc1CNC(=O)C(C)S(C)(=O)=O. The highest BCUT2D eigenvalue weighted by molar-refractivity contribution is 7.92. The number of benzene rings is 1. The molecule has 0 aliphatic rings. The molecule has 0 spiro atoms. The summed E-state index contributed by atoms with van der Waals surface area (Å²) in [6.07, 6.45) is -3.47. The van der Waals surface area contributed by atoms with Crippen LogP contribution >= 0.6 is 0 Å². The Bertz CT molecular complexity index is 639. The Morgan fingerprint density at radius 1 is 1.33 bits per heavy atom. The fourth-order valence-electron chi connectivity index (χ4n) is 1.59. The maximum absolute atomic E-state index is 12.5. The second-order valence-corrected chi connectivity index (χ2v) is 7.19. The fraction of sp³-hybridized carbons (Fsp3) is 0.462. The summed E-state index contributed by atoms with van der Waals surface area (Å²) in [6, 6.07) is 3.18. The van der Waals surface area contributed by atoms with Gasteiger partial charge in [0, 0.05) is 12.8 Å². The van der Waals surface area contributed by atoms with Crippen LogP contribution in [-0.2, 0) is 27.4 Å². The maximum atomic E-state index is 12.5. The predicted molar refractivity (Wildman–Crippen MR) is 72.3 cm³/mol. The van der Waals surface area contributed by atoms with Crippen molar-refractivity contribution in [3.05, 3.63) is 34.9 Å². The van der Waals surface area contributed by atoms with E-state index in [-0.39, 0.29) is 6.54 Å². The van der Waals surface area contributed by atoms with Crippen LogP contribution in [0.2, 0.25) is 0 Å². The van der Waals surface area contributed by atoms with E-state index in [1.165, 1.54) is 19.9 Å². The molecule has 1 atom stereocenters. The molecule has 0 saturated heterocycles. The van der Waals surface area contributed by atoms with Crippen LogP contribution in [-0.4, -0.2) is 25.8 Å². The first-order valence-corrected chi connectivity index (χ1v) is 8.01. The summed E-state index contributed by atoms with van der Waals surface area (Å²) < 4.78 is 60.0. The monoisotopic (exact) mass is 323 g/mol.